The molecule has 0 heterocycles. The second kappa shape index (κ2) is 8.15. The fourth-order valence-corrected chi connectivity index (χ4v) is 1.63. The van der Waals surface area contributed by atoms with E-state index in [1.165, 1.54) is 0 Å². The number of nitrogens with one attached hydrogen (secondary N) is 1. The van der Waals surface area contributed by atoms with Crippen molar-refractivity contribution in [3.63, 3.8) is 0 Å². The molecule has 0 saturated heterocycles. The van der Waals surface area contributed by atoms with Gasteiger partial charge >= 0.3 is 0 Å². The summed E-state index contributed by atoms with van der Waals surface area (Å²) in [6, 6.07) is 7.71. The number of benzene rings is 1. The van der Waals surface area contributed by atoms with Crippen molar-refractivity contribution in [2.45, 2.75) is 25.5 Å². The minimum Gasteiger partial charge on any atom is -0.491 e. The SMILES string of the molecule is C#CCC(C)NCC(O)COc1ccc(Br)cc1. The highest BCUT2D eigenvalue weighted by atomic mass is 79.9. The standard InChI is InChI=1S/C14H18BrNO2/c1-3-4-11(2)16-9-13(17)10-18-14-7-5-12(15)6-8-14/h1,5-8,11,13,16-17H,4,9-10H2,2H3. The number of aliphatic hydroxyl groups excluding tert-OH is 1. The summed E-state index contributed by atoms with van der Waals surface area (Å²) in [6.07, 6.45) is 5.31. The van der Waals surface area contributed by atoms with Gasteiger partial charge < -0.3 is 15.2 Å². The number of terminal acetylenes is 1. The van der Waals surface area contributed by atoms with E-state index < -0.39 is 6.10 Å². The van der Waals surface area contributed by atoms with E-state index in [4.69, 9.17) is 11.2 Å². The zero-order chi connectivity index (χ0) is 13.4. The molecule has 3 nitrogen and oxygen atoms in total. The van der Waals surface area contributed by atoms with Crippen LogP contribution in [0.4, 0.5) is 0 Å². The molecule has 2 N–H and O–H groups in total. The van der Waals surface area contributed by atoms with Crippen molar-refractivity contribution in [3.8, 4) is 18.1 Å². The van der Waals surface area contributed by atoms with E-state index in [-0.39, 0.29) is 12.6 Å². The van der Waals surface area contributed by atoms with Crippen molar-refractivity contribution in [1.82, 2.24) is 5.32 Å². The Labute approximate surface area is 117 Å². The maximum Gasteiger partial charge on any atom is 0.119 e. The second-order valence-electron chi connectivity index (χ2n) is 4.14. The smallest absolute Gasteiger partial charge is 0.119 e. The van der Waals surface area contributed by atoms with Crippen LogP contribution in [0.2, 0.25) is 0 Å². The summed E-state index contributed by atoms with van der Waals surface area (Å²) in [7, 11) is 0. The first-order valence-corrected chi connectivity index (χ1v) is 6.64. The topological polar surface area (TPSA) is 41.5 Å². The van der Waals surface area contributed by atoms with Crippen molar-refractivity contribution in [1.29, 1.82) is 0 Å². The minimum absolute atomic E-state index is 0.206. The molecule has 98 valence electrons. The molecule has 0 amide bonds. The van der Waals surface area contributed by atoms with Gasteiger partial charge in [-0.05, 0) is 31.2 Å². The van der Waals surface area contributed by atoms with Crippen molar-refractivity contribution in [2.75, 3.05) is 13.2 Å². The fraction of sp³-hybridized carbons (Fsp3) is 0.429. The maximum absolute atomic E-state index is 9.73. The number of halogens is 1. The van der Waals surface area contributed by atoms with Gasteiger partial charge in [0.1, 0.15) is 18.5 Å². The van der Waals surface area contributed by atoms with Gasteiger partial charge in [0.05, 0.1) is 0 Å². The molecule has 0 aliphatic heterocycles. The molecular formula is C14H18BrNO2. The molecule has 1 aromatic carbocycles. The van der Waals surface area contributed by atoms with E-state index in [1.807, 2.05) is 31.2 Å². The largest absolute Gasteiger partial charge is 0.491 e. The molecule has 0 bridgehead atoms. The van der Waals surface area contributed by atoms with Crippen LogP contribution < -0.4 is 10.1 Å². The minimum atomic E-state index is -0.547. The number of hydrogen-bond acceptors (Lipinski definition) is 3. The summed E-state index contributed by atoms with van der Waals surface area (Å²) >= 11 is 3.35. The zero-order valence-electron chi connectivity index (χ0n) is 10.4. The monoisotopic (exact) mass is 311 g/mol. The molecule has 0 spiro atoms. The molecule has 4 heteroatoms. The first-order valence-electron chi connectivity index (χ1n) is 5.85. The van der Waals surface area contributed by atoms with Crippen LogP contribution in [-0.2, 0) is 0 Å². The Bertz CT molecular complexity index is 386. The Balaban J connectivity index is 2.23. The predicted octanol–water partition coefficient (Wildman–Crippen LogP) is 2.19. The van der Waals surface area contributed by atoms with Crippen LogP contribution in [0.1, 0.15) is 13.3 Å². The molecule has 1 aromatic rings. The molecule has 2 unspecified atom stereocenters. The lowest BCUT2D eigenvalue weighted by molar-refractivity contribution is 0.104. The Morgan fingerprint density at radius 1 is 1.44 bits per heavy atom. The maximum atomic E-state index is 9.73. The van der Waals surface area contributed by atoms with E-state index in [9.17, 15) is 5.11 Å². The van der Waals surface area contributed by atoms with Gasteiger partial charge in [-0.3, -0.25) is 0 Å². The number of aliphatic hydroxyl groups is 1. The van der Waals surface area contributed by atoms with Gasteiger partial charge in [0, 0.05) is 23.5 Å². The predicted molar refractivity (Wildman–Crippen MR) is 76.6 cm³/mol. The molecule has 18 heavy (non-hydrogen) atoms. The van der Waals surface area contributed by atoms with E-state index >= 15 is 0 Å². The fourth-order valence-electron chi connectivity index (χ4n) is 1.37. The van der Waals surface area contributed by atoms with Crippen molar-refractivity contribution < 1.29 is 9.84 Å². The quantitative estimate of drug-likeness (QED) is 0.759. The average molecular weight is 312 g/mol. The highest BCUT2D eigenvalue weighted by molar-refractivity contribution is 9.10. The van der Waals surface area contributed by atoms with E-state index in [0.717, 1.165) is 10.2 Å². The lowest BCUT2D eigenvalue weighted by Crippen LogP contribution is -2.36. The van der Waals surface area contributed by atoms with E-state index in [0.29, 0.717) is 13.0 Å². The Morgan fingerprint density at radius 3 is 2.72 bits per heavy atom. The van der Waals surface area contributed by atoms with Crippen LogP contribution in [0.5, 0.6) is 5.75 Å². The summed E-state index contributed by atoms with van der Waals surface area (Å²) in [5.41, 5.74) is 0. The molecule has 0 fully saturated rings. The molecule has 0 aliphatic carbocycles. The van der Waals surface area contributed by atoms with Crippen LogP contribution in [-0.4, -0.2) is 30.4 Å². The summed E-state index contributed by atoms with van der Waals surface area (Å²) < 4.78 is 6.46. The molecule has 2 atom stereocenters. The lowest BCUT2D eigenvalue weighted by Gasteiger charge is -2.16. The normalized spacial score (nSPS) is 13.7. The number of hydrogen-bond donors (Lipinski definition) is 2. The number of ether oxygens (including phenoxy) is 1. The van der Waals surface area contributed by atoms with Gasteiger partial charge in [-0.25, -0.2) is 0 Å². The van der Waals surface area contributed by atoms with Gasteiger partial charge in [0.2, 0.25) is 0 Å². The average Bonchev–Trinajstić information content (AvgIpc) is 2.36. The zero-order valence-corrected chi connectivity index (χ0v) is 12.0. The Kier molecular flexibility index (Phi) is 6.81. The van der Waals surface area contributed by atoms with Crippen molar-refractivity contribution in [2.24, 2.45) is 0 Å². The van der Waals surface area contributed by atoms with Gasteiger partial charge in [-0.1, -0.05) is 15.9 Å². The third-order valence-electron chi connectivity index (χ3n) is 2.38. The first kappa shape index (κ1) is 15.0. The molecule has 0 radical (unpaired) electrons. The Morgan fingerprint density at radius 2 is 2.11 bits per heavy atom. The third kappa shape index (κ3) is 6.06. The molecule has 0 aromatic heterocycles. The van der Waals surface area contributed by atoms with Crippen molar-refractivity contribution in [3.05, 3.63) is 28.7 Å². The summed E-state index contributed by atoms with van der Waals surface area (Å²) in [6.45, 7) is 2.72. The summed E-state index contributed by atoms with van der Waals surface area (Å²) in [4.78, 5) is 0. The Hall–Kier alpha value is -1.02. The van der Waals surface area contributed by atoms with Crippen molar-refractivity contribution >= 4 is 15.9 Å². The van der Waals surface area contributed by atoms with Gasteiger partial charge in [-0.15, -0.1) is 12.3 Å². The molecule has 0 saturated carbocycles. The van der Waals surface area contributed by atoms with E-state index in [2.05, 4.69) is 27.2 Å². The van der Waals surface area contributed by atoms with Crippen LogP contribution in [0.25, 0.3) is 0 Å². The van der Waals surface area contributed by atoms with Crippen LogP contribution in [0.15, 0.2) is 28.7 Å². The third-order valence-corrected chi connectivity index (χ3v) is 2.91. The van der Waals surface area contributed by atoms with Gasteiger partial charge in [-0.2, -0.15) is 0 Å². The van der Waals surface area contributed by atoms with Crippen LogP contribution >= 0.6 is 15.9 Å². The molecule has 1 rings (SSSR count). The highest BCUT2D eigenvalue weighted by Crippen LogP contribution is 2.16. The lowest BCUT2D eigenvalue weighted by atomic mass is 10.2. The highest BCUT2D eigenvalue weighted by Gasteiger charge is 2.07. The second-order valence-corrected chi connectivity index (χ2v) is 5.05. The van der Waals surface area contributed by atoms with Gasteiger partial charge in [0.15, 0.2) is 0 Å². The number of rotatable bonds is 7. The van der Waals surface area contributed by atoms with Crippen LogP contribution in [0.3, 0.4) is 0 Å². The summed E-state index contributed by atoms with van der Waals surface area (Å²) in [5.74, 6) is 3.32. The first-order chi connectivity index (χ1) is 8.61. The molecule has 0 aliphatic rings. The van der Waals surface area contributed by atoms with E-state index in [1.54, 1.807) is 0 Å². The van der Waals surface area contributed by atoms with Gasteiger partial charge in [0.25, 0.3) is 0 Å². The molecular weight excluding hydrogens is 294 g/mol. The van der Waals surface area contributed by atoms with Crippen LogP contribution in [0, 0.1) is 12.3 Å². The summed E-state index contributed by atoms with van der Waals surface area (Å²) in [5, 5.41) is 12.9.